The van der Waals surface area contributed by atoms with Crippen LogP contribution in [0.15, 0.2) is 73.6 Å². The molecule has 0 unspecified atom stereocenters. The van der Waals surface area contributed by atoms with Gasteiger partial charge in [0.2, 0.25) is 0 Å². The van der Waals surface area contributed by atoms with E-state index >= 15 is 0 Å². The highest BCUT2D eigenvalue weighted by molar-refractivity contribution is 6.05. The number of nitrogens with one attached hydrogen (secondary N) is 2. The zero-order valence-corrected chi connectivity index (χ0v) is 20.8. The molecule has 3 rings (SSSR count). The van der Waals surface area contributed by atoms with Gasteiger partial charge >= 0.3 is 0 Å². The Labute approximate surface area is 212 Å². The number of carbonyl (C=O) groups is 1. The van der Waals surface area contributed by atoms with Crippen LogP contribution in [0.2, 0.25) is 0 Å². The summed E-state index contributed by atoms with van der Waals surface area (Å²) < 4.78 is 13.9. The number of pyridine rings is 1. The standard InChI is InChI=1S/C29H34FN5O/c1-3-14-35(15-4-2)16-6-9-27(32)22-8-5-7-21(17-22)25-18-23(10-11-24(25)19-31)29(36)34-28-12-13-33-20-26(28)30/h3,5,7-8,10-13,17-18,20,32H,1,4,6,9,14-16,19,31H2,2H3,(H,33,34,36). The zero-order valence-electron chi connectivity index (χ0n) is 20.8. The van der Waals surface area contributed by atoms with Crippen molar-refractivity contribution in [2.24, 2.45) is 5.73 Å². The van der Waals surface area contributed by atoms with Crippen LogP contribution in [0.5, 0.6) is 0 Å². The number of halogens is 1. The molecule has 0 bridgehead atoms. The summed E-state index contributed by atoms with van der Waals surface area (Å²) in [6, 6.07) is 14.4. The van der Waals surface area contributed by atoms with Crippen molar-refractivity contribution in [2.75, 3.05) is 25.0 Å². The van der Waals surface area contributed by atoms with Crippen molar-refractivity contribution in [3.63, 3.8) is 0 Å². The van der Waals surface area contributed by atoms with Gasteiger partial charge in [0.25, 0.3) is 5.91 Å². The van der Waals surface area contributed by atoms with E-state index in [0.717, 1.165) is 60.9 Å². The molecule has 0 radical (unpaired) electrons. The third-order valence-electron chi connectivity index (χ3n) is 5.96. The molecule has 0 aliphatic carbocycles. The van der Waals surface area contributed by atoms with E-state index in [1.165, 1.54) is 12.3 Å². The lowest BCUT2D eigenvalue weighted by Gasteiger charge is -2.19. The minimum absolute atomic E-state index is 0.0699. The molecule has 1 aromatic heterocycles. The number of rotatable bonds is 13. The van der Waals surface area contributed by atoms with Crippen molar-refractivity contribution in [2.45, 2.75) is 32.7 Å². The van der Waals surface area contributed by atoms with Gasteiger partial charge in [0, 0.05) is 30.6 Å². The third-order valence-corrected chi connectivity index (χ3v) is 5.96. The van der Waals surface area contributed by atoms with Gasteiger partial charge in [-0.25, -0.2) is 4.39 Å². The van der Waals surface area contributed by atoms with Gasteiger partial charge in [-0.1, -0.05) is 37.3 Å². The zero-order chi connectivity index (χ0) is 25.9. The highest BCUT2D eigenvalue weighted by Crippen LogP contribution is 2.27. The van der Waals surface area contributed by atoms with E-state index < -0.39 is 11.7 Å². The van der Waals surface area contributed by atoms with E-state index in [1.54, 1.807) is 12.1 Å². The molecule has 6 nitrogen and oxygen atoms in total. The molecular formula is C29H34FN5O. The number of anilines is 1. The van der Waals surface area contributed by atoms with Gasteiger partial charge < -0.3 is 16.5 Å². The van der Waals surface area contributed by atoms with Gasteiger partial charge in [-0.2, -0.15) is 0 Å². The van der Waals surface area contributed by atoms with Crippen LogP contribution in [0.3, 0.4) is 0 Å². The third kappa shape index (κ3) is 7.16. The molecule has 0 spiro atoms. The molecule has 0 saturated carbocycles. The first-order valence-electron chi connectivity index (χ1n) is 12.2. The van der Waals surface area contributed by atoms with E-state index in [4.69, 9.17) is 11.1 Å². The second-order valence-corrected chi connectivity index (χ2v) is 8.64. The van der Waals surface area contributed by atoms with Gasteiger partial charge in [0.15, 0.2) is 5.82 Å². The van der Waals surface area contributed by atoms with Crippen molar-refractivity contribution in [1.82, 2.24) is 9.88 Å². The van der Waals surface area contributed by atoms with Crippen molar-refractivity contribution in [3.05, 3.63) is 96.1 Å². The van der Waals surface area contributed by atoms with E-state index in [9.17, 15) is 9.18 Å². The highest BCUT2D eigenvalue weighted by Gasteiger charge is 2.14. The Bertz CT molecular complexity index is 1210. The second-order valence-electron chi connectivity index (χ2n) is 8.64. The molecule has 1 amide bonds. The fourth-order valence-electron chi connectivity index (χ4n) is 4.13. The van der Waals surface area contributed by atoms with Crippen LogP contribution in [0.1, 0.15) is 47.7 Å². The minimum Gasteiger partial charge on any atom is -0.326 e. The number of aromatic nitrogens is 1. The summed E-state index contributed by atoms with van der Waals surface area (Å²) in [5.41, 5.74) is 10.4. The number of benzene rings is 2. The lowest BCUT2D eigenvalue weighted by Crippen LogP contribution is -2.26. The predicted octanol–water partition coefficient (Wildman–Crippen LogP) is 5.64. The average molecular weight is 488 g/mol. The summed E-state index contributed by atoms with van der Waals surface area (Å²) in [5.74, 6) is -1.02. The van der Waals surface area contributed by atoms with E-state index in [-0.39, 0.29) is 5.69 Å². The summed E-state index contributed by atoms with van der Waals surface area (Å²) in [7, 11) is 0. The number of nitrogens with zero attached hydrogens (tertiary/aromatic N) is 2. The smallest absolute Gasteiger partial charge is 0.255 e. The maximum Gasteiger partial charge on any atom is 0.255 e. The Kier molecular flexibility index (Phi) is 10.0. The van der Waals surface area contributed by atoms with Crippen molar-refractivity contribution < 1.29 is 9.18 Å². The lowest BCUT2D eigenvalue weighted by atomic mass is 9.94. The Hall–Kier alpha value is -3.68. The first-order valence-corrected chi connectivity index (χ1v) is 12.2. The number of amides is 1. The number of carbonyl (C=O) groups excluding carboxylic acids is 1. The van der Waals surface area contributed by atoms with E-state index in [1.807, 2.05) is 36.4 Å². The molecule has 188 valence electrons. The van der Waals surface area contributed by atoms with Crippen LogP contribution in [0.25, 0.3) is 11.1 Å². The Morgan fingerprint density at radius 3 is 2.75 bits per heavy atom. The Morgan fingerprint density at radius 1 is 1.19 bits per heavy atom. The topological polar surface area (TPSA) is 95.1 Å². The fourth-order valence-corrected chi connectivity index (χ4v) is 4.13. The second kappa shape index (κ2) is 13.4. The van der Waals surface area contributed by atoms with Crippen molar-refractivity contribution >= 4 is 17.3 Å². The Balaban J connectivity index is 1.77. The molecule has 0 aliphatic rings. The van der Waals surface area contributed by atoms with E-state index in [0.29, 0.717) is 24.2 Å². The lowest BCUT2D eigenvalue weighted by molar-refractivity contribution is 0.102. The van der Waals surface area contributed by atoms with Crippen LogP contribution in [0.4, 0.5) is 10.1 Å². The van der Waals surface area contributed by atoms with Gasteiger partial charge in [-0.15, -0.1) is 6.58 Å². The van der Waals surface area contributed by atoms with Crippen LogP contribution in [0, 0.1) is 11.2 Å². The summed E-state index contributed by atoms with van der Waals surface area (Å²) in [5, 5.41) is 11.2. The van der Waals surface area contributed by atoms with Crippen LogP contribution >= 0.6 is 0 Å². The number of hydrogen-bond donors (Lipinski definition) is 3. The maximum atomic E-state index is 13.9. The summed E-state index contributed by atoms with van der Waals surface area (Å²) in [6.07, 6.45) is 7.05. The van der Waals surface area contributed by atoms with E-state index in [2.05, 4.69) is 28.7 Å². The van der Waals surface area contributed by atoms with Gasteiger partial charge in [0.1, 0.15) is 0 Å². The number of nitrogens with two attached hydrogens (primary N) is 1. The average Bonchev–Trinajstić information content (AvgIpc) is 2.89. The van der Waals surface area contributed by atoms with Crippen LogP contribution in [-0.4, -0.2) is 41.1 Å². The highest BCUT2D eigenvalue weighted by atomic mass is 19.1. The maximum absolute atomic E-state index is 13.9. The summed E-state index contributed by atoms with van der Waals surface area (Å²) in [4.78, 5) is 18.9. The van der Waals surface area contributed by atoms with Gasteiger partial charge in [-0.05, 0) is 78.9 Å². The molecule has 2 aromatic carbocycles. The molecule has 3 aromatic rings. The molecule has 0 aliphatic heterocycles. The molecule has 4 N–H and O–H groups in total. The van der Waals surface area contributed by atoms with Gasteiger partial charge in [0.05, 0.1) is 11.9 Å². The normalized spacial score (nSPS) is 10.9. The molecular weight excluding hydrogens is 453 g/mol. The SMILES string of the molecule is C=CCN(CCC)CCCC(=N)c1cccc(-c2cc(C(=O)Nc3ccncc3F)ccc2CN)c1. The quantitative estimate of drug-likeness (QED) is 0.215. The summed E-state index contributed by atoms with van der Waals surface area (Å²) in [6.45, 7) is 9.10. The summed E-state index contributed by atoms with van der Waals surface area (Å²) >= 11 is 0. The predicted molar refractivity (Wildman–Crippen MR) is 145 cm³/mol. The van der Waals surface area contributed by atoms with Crippen molar-refractivity contribution in [1.29, 1.82) is 5.41 Å². The van der Waals surface area contributed by atoms with Crippen LogP contribution in [-0.2, 0) is 6.54 Å². The molecule has 0 saturated heterocycles. The molecule has 36 heavy (non-hydrogen) atoms. The minimum atomic E-state index is -0.599. The van der Waals surface area contributed by atoms with Gasteiger partial charge in [-0.3, -0.25) is 14.7 Å². The largest absolute Gasteiger partial charge is 0.326 e. The Morgan fingerprint density at radius 2 is 2.03 bits per heavy atom. The first kappa shape index (κ1) is 26.9. The molecule has 0 fully saturated rings. The first-order chi connectivity index (χ1) is 17.5. The fraction of sp³-hybridized carbons (Fsp3) is 0.276. The molecule has 0 atom stereocenters. The molecule has 7 heteroatoms. The number of hydrogen-bond acceptors (Lipinski definition) is 5. The van der Waals surface area contributed by atoms with Crippen LogP contribution < -0.4 is 11.1 Å². The van der Waals surface area contributed by atoms with Crippen molar-refractivity contribution in [3.8, 4) is 11.1 Å². The monoisotopic (exact) mass is 487 g/mol. The molecule has 1 heterocycles.